The first-order chi connectivity index (χ1) is 31.2. The molecule has 0 heterocycles. The highest BCUT2D eigenvalue weighted by Crippen LogP contribution is 2.47. The maximum absolute atomic E-state index is 2.45. The maximum atomic E-state index is 2.45. The smallest absolute Gasteiger partial charge is 0.0546 e. The summed E-state index contributed by atoms with van der Waals surface area (Å²) in [5, 5.41) is 12.5. The largest absolute Gasteiger partial charge is 0.310 e. The van der Waals surface area contributed by atoms with Crippen molar-refractivity contribution in [1.29, 1.82) is 0 Å². The Morgan fingerprint density at radius 1 is 0.206 bits per heavy atom. The number of anilines is 3. The molecule has 12 rings (SSSR count). The van der Waals surface area contributed by atoms with Crippen molar-refractivity contribution in [1.82, 2.24) is 0 Å². The normalized spacial score (nSPS) is 11.5. The molecule has 0 fully saturated rings. The lowest BCUT2D eigenvalue weighted by Crippen LogP contribution is -2.11. The number of hydrogen-bond acceptors (Lipinski definition) is 1. The van der Waals surface area contributed by atoms with Gasteiger partial charge in [-0.2, -0.15) is 0 Å². The molecular formula is C62H41N. The third-order valence-corrected chi connectivity index (χ3v) is 12.8. The number of hydrogen-bond donors (Lipinski definition) is 0. The van der Waals surface area contributed by atoms with E-state index in [0.29, 0.717) is 0 Å². The van der Waals surface area contributed by atoms with E-state index in [4.69, 9.17) is 0 Å². The minimum atomic E-state index is 1.09. The van der Waals surface area contributed by atoms with Crippen molar-refractivity contribution in [3.8, 4) is 44.5 Å². The van der Waals surface area contributed by atoms with Crippen LogP contribution in [0.2, 0.25) is 0 Å². The summed E-state index contributed by atoms with van der Waals surface area (Å²) in [5.74, 6) is 0. The predicted molar refractivity (Wildman–Crippen MR) is 270 cm³/mol. The van der Waals surface area contributed by atoms with Crippen LogP contribution in [0.15, 0.2) is 249 Å². The molecule has 0 amide bonds. The monoisotopic (exact) mass is 799 g/mol. The van der Waals surface area contributed by atoms with Gasteiger partial charge in [-0.05, 0) is 135 Å². The van der Waals surface area contributed by atoms with Crippen molar-refractivity contribution in [2.24, 2.45) is 0 Å². The van der Waals surface area contributed by atoms with Crippen LogP contribution in [-0.2, 0) is 0 Å². The van der Waals surface area contributed by atoms with Gasteiger partial charge in [-0.3, -0.25) is 0 Å². The summed E-state index contributed by atoms with van der Waals surface area (Å²) in [6, 6.07) is 91.2. The predicted octanol–water partition coefficient (Wildman–Crippen LogP) is 17.6. The Morgan fingerprint density at radius 2 is 0.635 bits per heavy atom. The van der Waals surface area contributed by atoms with Gasteiger partial charge >= 0.3 is 0 Å². The summed E-state index contributed by atoms with van der Waals surface area (Å²) in [6.07, 6.45) is 0. The minimum Gasteiger partial charge on any atom is -0.310 e. The fourth-order valence-electron chi connectivity index (χ4n) is 9.69. The van der Waals surface area contributed by atoms with E-state index in [1.807, 2.05) is 0 Å². The van der Waals surface area contributed by atoms with Gasteiger partial charge < -0.3 is 4.90 Å². The standard InChI is InChI=1S/C62H41N/c1-2-13-42(14-3-1)44-31-35-51(36-32-44)63(52-37-33-45(34-38-52)50-30-25-43-15-4-5-17-49(43)39-50)62-41-61-58-23-11-9-21-56(58)55-20-8-10-22-57(55)60(61)40-59(62)48-28-26-47(27-29-48)54-24-12-18-46-16-6-7-19-53(46)54/h1-41H. The molecular weight excluding hydrogens is 759 g/mol. The third kappa shape index (κ3) is 6.50. The molecule has 0 spiro atoms. The van der Waals surface area contributed by atoms with E-state index in [0.717, 1.165) is 28.2 Å². The van der Waals surface area contributed by atoms with Crippen LogP contribution in [0.3, 0.4) is 0 Å². The summed E-state index contributed by atoms with van der Waals surface area (Å²) < 4.78 is 0. The zero-order valence-electron chi connectivity index (χ0n) is 34.6. The molecule has 294 valence electrons. The van der Waals surface area contributed by atoms with Crippen LogP contribution < -0.4 is 4.90 Å². The van der Waals surface area contributed by atoms with Crippen LogP contribution in [0.5, 0.6) is 0 Å². The van der Waals surface area contributed by atoms with E-state index in [2.05, 4.69) is 254 Å². The van der Waals surface area contributed by atoms with Gasteiger partial charge in [0.25, 0.3) is 0 Å². The fourth-order valence-corrected chi connectivity index (χ4v) is 9.69. The summed E-state index contributed by atoms with van der Waals surface area (Å²) in [5.41, 5.74) is 12.8. The zero-order valence-corrected chi connectivity index (χ0v) is 34.6. The zero-order chi connectivity index (χ0) is 41.7. The van der Waals surface area contributed by atoms with Gasteiger partial charge in [0.05, 0.1) is 5.69 Å². The molecule has 0 N–H and O–H groups in total. The van der Waals surface area contributed by atoms with E-state index in [9.17, 15) is 0 Å². The number of nitrogens with zero attached hydrogens (tertiary/aromatic N) is 1. The van der Waals surface area contributed by atoms with Crippen molar-refractivity contribution < 1.29 is 0 Å². The molecule has 1 heteroatoms. The Morgan fingerprint density at radius 3 is 1.27 bits per heavy atom. The molecule has 0 radical (unpaired) electrons. The van der Waals surface area contributed by atoms with E-state index in [1.165, 1.54) is 87.2 Å². The maximum Gasteiger partial charge on any atom is 0.0546 e. The van der Waals surface area contributed by atoms with Gasteiger partial charge in [0, 0.05) is 16.9 Å². The lowest BCUT2D eigenvalue weighted by atomic mass is 9.90. The number of rotatable bonds is 7. The van der Waals surface area contributed by atoms with Crippen molar-refractivity contribution in [2.45, 2.75) is 0 Å². The van der Waals surface area contributed by atoms with Crippen LogP contribution >= 0.6 is 0 Å². The molecule has 0 aliphatic heterocycles. The highest BCUT2D eigenvalue weighted by atomic mass is 15.1. The third-order valence-electron chi connectivity index (χ3n) is 12.8. The van der Waals surface area contributed by atoms with Crippen molar-refractivity contribution >= 4 is 70.9 Å². The van der Waals surface area contributed by atoms with Crippen molar-refractivity contribution in [3.05, 3.63) is 249 Å². The van der Waals surface area contributed by atoms with E-state index >= 15 is 0 Å². The highest BCUT2D eigenvalue weighted by Gasteiger charge is 2.21. The lowest BCUT2D eigenvalue weighted by molar-refractivity contribution is 1.29. The first-order valence-corrected chi connectivity index (χ1v) is 21.7. The Balaban J connectivity index is 1.09. The average molecular weight is 800 g/mol. The van der Waals surface area contributed by atoms with Gasteiger partial charge in [0.15, 0.2) is 0 Å². The molecule has 0 unspecified atom stereocenters. The number of fused-ring (bicyclic) bond motifs is 8. The Bertz CT molecular complexity index is 3640. The van der Waals surface area contributed by atoms with Crippen molar-refractivity contribution in [3.63, 3.8) is 0 Å². The molecule has 1 nitrogen and oxygen atoms in total. The summed E-state index contributed by atoms with van der Waals surface area (Å²) in [6.45, 7) is 0. The second kappa shape index (κ2) is 15.3. The molecule has 63 heavy (non-hydrogen) atoms. The van der Waals surface area contributed by atoms with Crippen LogP contribution in [-0.4, -0.2) is 0 Å². The molecule has 0 aliphatic rings. The second-order valence-electron chi connectivity index (χ2n) is 16.5. The van der Waals surface area contributed by atoms with Gasteiger partial charge in [-0.15, -0.1) is 0 Å². The Hall–Kier alpha value is -8.26. The van der Waals surface area contributed by atoms with Gasteiger partial charge in [-0.1, -0.05) is 206 Å². The molecule has 0 saturated heterocycles. The fraction of sp³-hybridized carbons (Fsp3) is 0. The van der Waals surface area contributed by atoms with E-state index < -0.39 is 0 Å². The minimum absolute atomic E-state index is 1.09. The van der Waals surface area contributed by atoms with Gasteiger partial charge in [0.1, 0.15) is 0 Å². The summed E-state index contributed by atoms with van der Waals surface area (Å²) in [7, 11) is 0. The summed E-state index contributed by atoms with van der Waals surface area (Å²) >= 11 is 0. The molecule has 0 bridgehead atoms. The second-order valence-corrected chi connectivity index (χ2v) is 16.5. The van der Waals surface area contributed by atoms with Crippen LogP contribution in [0, 0.1) is 0 Å². The van der Waals surface area contributed by atoms with Crippen LogP contribution in [0.1, 0.15) is 0 Å². The number of benzene rings is 12. The van der Waals surface area contributed by atoms with E-state index in [1.54, 1.807) is 0 Å². The molecule has 0 aliphatic carbocycles. The molecule has 0 saturated carbocycles. The molecule has 12 aromatic carbocycles. The van der Waals surface area contributed by atoms with Crippen molar-refractivity contribution in [2.75, 3.05) is 4.90 Å². The average Bonchev–Trinajstić information content (AvgIpc) is 3.37. The SMILES string of the molecule is c1ccc(-c2ccc(N(c3ccc(-c4ccc5ccccc5c4)cc3)c3cc4c5ccccc5c5ccccc5c4cc3-c3ccc(-c4cccc5ccccc45)cc3)cc2)cc1. The quantitative estimate of drug-likeness (QED) is 0.145. The van der Waals surface area contributed by atoms with E-state index in [-0.39, 0.29) is 0 Å². The highest BCUT2D eigenvalue weighted by molar-refractivity contribution is 6.26. The van der Waals surface area contributed by atoms with Crippen LogP contribution in [0.4, 0.5) is 17.1 Å². The lowest BCUT2D eigenvalue weighted by Gasteiger charge is -2.29. The van der Waals surface area contributed by atoms with Gasteiger partial charge in [0.2, 0.25) is 0 Å². The Kier molecular flexibility index (Phi) is 8.90. The molecule has 0 aromatic heterocycles. The summed E-state index contributed by atoms with van der Waals surface area (Å²) in [4.78, 5) is 2.45. The molecule has 12 aromatic rings. The molecule has 0 atom stereocenters. The van der Waals surface area contributed by atoms with Crippen LogP contribution in [0.25, 0.3) is 98.4 Å². The first kappa shape index (κ1) is 36.6. The first-order valence-electron chi connectivity index (χ1n) is 21.7. The van der Waals surface area contributed by atoms with Gasteiger partial charge in [-0.25, -0.2) is 0 Å². The Labute approximate surface area is 367 Å². The topological polar surface area (TPSA) is 3.24 Å².